The molecule has 2 bridgehead atoms. The maximum absolute atomic E-state index is 14.8. The summed E-state index contributed by atoms with van der Waals surface area (Å²) in [6.45, 7) is 16.2. The lowest BCUT2D eigenvalue weighted by atomic mass is 9.75. The second kappa shape index (κ2) is 53.8. The Morgan fingerprint density at radius 1 is 0.739 bits per heavy atom. The molecule has 0 saturated carbocycles. The van der Waals surface area contributed by atoms with Gasteiger partial charge in [-0.1, -0.05) is 89.1 Å². The van der Waals surface area contributed by atoms with Gasteiger partial charge in [-0.3, -0.25) is 44.2 Å². The summed E-state index contributed by atoms with van der Waals surface area (Å²) in [7, 11) is 9.00. The third-order valence-corrected chi connectivity index (χ3v) is 29.5. The number of primary amides is 1. The van der Waals surface area contributed by atoms with E-state index in [2.05, 4.69) is 66.4 Å². The minimum Gasteiger partial charge on any atom is -0.492 e. The van der Waals surface area contributed by atoms with E-state index < -0.39 is 216 Å². The number of ketones is 1. The van der Waals surface area contributed by atoms with Gasteiger partial charge in [0.1, 0.15) is 73.5 Å². The number of likely N-dealkylation sites (N-methyl/N-ethyl adjacent to an activating group) is 1. The predicted octanol–water partition coefficient (Wildman–Crippen LogP) is 5.67. The molecule has 3 aromatic carbocycles. The zero-order valence-corrected chi connectivity index (χ0v) is 85.8. The number of carbonyl (C=O) groups excluding carboxylic acids is 10. The average Bonchev–Trinajstić information content (AvgIpc) is 0.749. The molecule has 6 aliphatic rings. The molecule has 4 fully saturated rings. The number of alkyl carbamates (subject to hydrolysis) is 1. The SMILES string of the molecule is CCN(C(=O)OCc1ccc(NC(=O)[C@H](CCCNC(N)=O)NC(=O)[C@@H](NC(=O)[C@H](CCCCN)NC(C)=O)C(C)C)cc1)[C@H]1CO[C@@H](O[C@H]2[C@H](O[C@H]3C#C/C=C\C#C[C@]4(O)CC(=O)C(NC(=O)OC)=C3/C4=C\CSS[C@H](C)COC(=O)Nc3ccc4c(C)cc(=O)oc4c3)O[C@H](C)[C@@H](NO[C@H]3C[C@H](O)[C@H](SC(=O)c4c(C)c(I)c(O[C@@H]5O[C@@H](C)[C@H](O)[C@@H](OC)[C@H]5O)c(OC)c4OC)[C@@H](C)O3)[C@@H]2O)C[C@@H]1OC. The molecule has 9 amide bonds. The first-order valence-electron chi connectivity index (χ1n) is 46.0. The summed E-state index contributed by atoms with van der Waals surface area (Å²) in [5.41, 5.74) is 12.8. The molecule has 4 saturated heterocycles. The first-order chi connectivity index (χ1) is 67.7. The number of hydrogen-bond donors (Lipinski definition) is 15. The van der Waals surface area contributed by atoms with E-state index in [1.165, 1.54) is 86.1 Å². The number of nitrogens with zero attached hydrogens (tertiary/aromatic N) is 1. The van der Waals surface area contributed by atoms with Crippen LogP contribution in [0, 0.1) is 47.0 Å². The molecule has 2 aliphatic carbocycles. The number of halogens is 1. The zero-order chi connectivity index (χ0) is 104. The number of carbonyl (C=O) groups is 10. The van der Waals surface area contributed by atoms with Gasteiger partial charge in [-0.05, 0) is 169 Å². The Labute approximate surface area is 846 Å². The number of hydroxylamine groups is 1. The maximum Gasteiger partial charge on any atom is 0.411 e. The van der Waals surface area contributed by atoms with Gasteiger partial charge >= 0.3 is 29.9 Å². The van der Waals surface area contributed by atoms with Crippen LogP contribution in [0.25, 0.3) is 11.0 Å². The second-order valence-electron chi connectivity index (χ2n) is 34.6. The van der Waals surface area contributed by atoms with Gasteiger partial charge in [0, 0.05) is 98.1 Å². The number of thioether (sulfide) groups is 1. The lowest BCUT2D eigenvalue weighted by molar-refractivity contribution is -0.337. The molecular weight excluding hydrogens is 2030 g/mol. The van der Waals surface area contributed by atoms with Crippen LogP contribution in [-0.4, -0.2) is 302 Å². The van der Waals surface area contributed by atoms with Crippen LogP contribution in [0.2, 0.25) is 0 Å². The molecule has 10 rings (SSSR count). The fourth-order valence-corrected chi connectivity index (χ4v) is 20.4. The summed E-state index contributed by atoms with van der Waals surface area (Å²) in [6.07, 6.45) is -17.8. The smallest absolute Gasteiger partial charge is 0.411 e. The van der Waals surface area contributed by atoms with Gasteiger partial charge in [0.15, 0.2) is 41.8 Å². The molecule has 0 unspecified atom stereocenters. The van der Waals surface area contributed by atoms with Crippen LogP contribution in [-0.2, 0) is 87.5 Å². The van der Waals surface area contributed by atoms with Gasteiger partial charge in [0.2, 0.25) is 40.8 Å². The van der Waals surface area contributed by atoms with Crippen molar-refractivity contribution in [2.75, 3.05) is 84.8 Å². The Morgan fingerprint density at radius 3 is 2.11 bits per heavy atom. The predicted molar refractivity (Wildman–Crippen MR) is 528 cm³/mol. The number of aryl methyl sites for hydroxylation is 1. The highest BCUT2D eigenvalue weighted by atomic mass is 127. The fourth-order valence-electron chi connectivity index (χ4n) is 16.7. The number of Topliss-reactive ketones (excluding diaryl/α,β-unsaturated/α-hetero) is 1. The minimum absolute atomic E-state index is 0.0147. The molecule has 43 nitrogen and oxygen atoms in total. The molecule has 778 valence electrons. The molecule has 17 N–H and O–H groups in total. The summed E-state index contributed by atoms with van der Waals surface area (Å²) < 4.78 is 90.8. The Balaban J connectivity index is 0.867. The molecule has 47 heteroatoms. The summed E-state index contributed by atoms with van der Waals surface area (Å²) in [4.78, 5) is 156. The van der Waals surface area contributed by atoms with E-state index in [0.29, 0.717) is 50.7 Å². The van der Waals surface area contributed by atoms with Crippen molar-refractivity contribution in [2.45, 2.75) is 266 Å². The zero-order valence-electron chi connectivity index (χ0n) is 81.2. The van der Waals surface area contributed by atoms with Crippen LogP contribution in [0.5, 0.6) is 17.2 Å². The Bertz CT molecular complexity index is 5410. The van der Waals surface area contributed by atoms with Crippen molar-refractivity contribution >= 4 is 137 Å². The molecule has 142 heavy (non-hydrogen) atoms. The van der Waals surface area contributed by atoms with Crippen LogP contribution >= 0.6 is 55.9 Å². The fraction of sp³-hybridized carbons (Fsp3) is 0.568. The van der Waals surface area contributed by atoms with Gasteiger partial charge < -0.3 is 139 Å². The average molecular weight is 2160 g/mol. The maximum atomic E-state index is 14.8. The number of nitrogens with one attached hydrogen (secondary N) is 8. The van der Waals surface area contributed by atoms with E-state index in [-0.39, 0.29) is 121 Å². The van der Waals surface area contributed by atoms with Crippen molar-refractivity contribution in [2.24, 2.45) is 17.4 Å². The standard InChI is InChI=1S/C95H126IN11O32S3/c1-16-107(94(122)131-44-54-27-29-55(30-28-54)101-85(115)60(25-23-36-99-91(98)119)103-87(117)73(46(2)3)104-86(116)59(100-53(10)108)24-20-22-35-97)61-45-129-68(41-66(61)124-11)137-82-77(113)74(106-139-69-40-62(109)84(52(9)132-69)141-88(118)70-49(6)72(96)80(83(127-14)79(70)125-12)138-89-78(114)81(126-13)76(112)51(8)134-89)50(7)133-90(82)136-64-26-19-17-18-21-34-95(123)42-63(110)75(105-92(120)128-15)71(64)58(95)33-37-140-142-48(5)43-130-93(121)102-56-31-32-57-47(4)38-67(111)135-65(57)39-56/h17-18,27-33,38-39,46,48,50-52,59-62,64,66,68-69,73-74,76-78,81-82,84,89-90,106,109,112-114,123H,16,20,22-25,35-37,40-45,97H2,1-15H3,(H,100,108)(H,101,115)(H,102,121)(H,103,117)(H,104,116)(H,105,120)(H3,98,99,119)/b18-17-,58-33+/t48-,50-,51+,52-,59+,60+,61+,62+,64+,66+,68+,69+,73+,74-,76+,77+,78-,81-,82-,84-,89+,90+,95+/m1/s1. The van der Waals surface area contributed by atoms with Crippen LogP contribution in [0.15, 0.2) is 92.8 Å². The summed E-state index contributed by atoms with van der Waals surface area (Å²) in [6, 6.07) is 6.20. The number of unbranched alkanes of at least 4 members (excludes halogenated alkanes) is 1. The number of benzene rings is 3. The van der Waals surface area contributed by atoms with E-state index in [1.807, 2.05) is 22.6 Å². The number of anilines is 2. The minimum atomic E-state index is -2.30. The highest BCUT2D eigenvalue weighted by molar-refractivity contribution is 14.1. The Morgan fingerprint density at radius 2 is 1.44 bits per heavy atom. The molecule has 4 aromatic rings. The highest BCUT2D eigenvalue weighted by Gasteiger charge is 2.53. The lowest BCUT2D eigenvalue weighted by Gasteiger charge is -2.47. The van der Waals surface area contributed by atoms with Gasteiger partial charge in [0.25, 0.3) is 0 Å². The van der Waals surface area contributed by atoms with Crippen molar-refractivity contribution in [1.82, 2.24) is 37.0 Å². The molecule has 1 aromatic heterocycles. The van der Waals surface area contributed by atoms with E-state index in [1.54, 1.807) is 105 Å². The molecular formula is C95H126IN11O32S3. The topological polar surface area (TPSA) is 592 Å². The van der Waals surface area contributed by atoms with E-state index in [0.717, 1.165) is 18.9 Å². The van der Waals surface area contributed by atoms with E-state index in [4.69, 9.17) is 87.0 Å². The number of methoxy groups -OCH3 is 5. The van der Waals surface area contributed by atoms with Crippen LogP contribution in [0.3, 0.4) is 0 Å². The number of rotatable bonds is 43. The van der Waals surface area contributed by atoms with Crippen molar-refractivity contribution in [3.05, 3.63) is 120 Å². The summed E-state index contributed by atoms with van der Waals surface area (Å²) in [5.74, 6) is 7.75. The second-order valence-corrected chi connectivity index (χ2v) is 39.7. The molecule has 5 heterocycles. The summed E-state index contributed by atoms with van der Waals surface area (Å²) in [5, 5.41) is 77.2. The molecule has 0 radical (unpaired) electrons. The van der Waals surface area contributed by atoms with Crippen LogP contribution in [0.1, 0.15) is 134 Å². The van der Waals surface area contributed by atoms with Gasteiger partial charge in [-0.2, -0.15) is 5.48 Å². The number of fused-ring (bicyclic) bond motifs is 3. The largest absolute Gasteiger partial charge is 0.492 e. The van der Waals surface area contributed by atoms with Crippen LogP contribution in [0.4, 0.5) is 30.6 Å². The summed E-state index contributed by atoms with van der Waals surface area (Å²) >= 11 is 2.73. The number of aliphatic hydroxyl groups excluding tert-OH is 4. The number of nitrogens with two attached hydrogens (primary N) is 2. The number of amides is 9. The number of ether oxygens (including phenoxy) is 14. The molecule has 4 aliphatic heterocycles. The first kappa shape index (κ1) is 114. The number of hydrogen-bond acceptors (Lipinski definition) is 37. The van der Waals surface area contributed by atoms with Crippen LogP contribution < -0.4 is 74.0 Å². The molecule has 0 spiro atoms. The third-order valence-electron chi connectivity index (χ3n) is 24.1. The number of aliphatic hydroxyl groups is 5. The quantitative estimate of drug-likeness (QED) is 0.00483. The normalized spacial score (nSPS) is 26.6. The Hall–Kier alpha value is -9.95. The van der Waals surface area contributed by atoms with E-state index in [9.17, 15) is 78.3 Å². The third kappa shape index (κ3) is 29.9. The van der Waals surface area contributed by atoms with Crippen molar-refractivity contribution in [1.29, 1.82) is 0 Å². The highest BCUT2D eigenvalue weighted by Crippen LogP contribution is 2.50. The van der Waals surface area contributed by atoms with Gasteiger partial charge in [-0.25, -0.2) is 24.0 Å². The van der Waals surface area contributed by atoms with Gasteiger partial charge in [0.05, 0.1) is 97.0 Å². The first-order valence-corrected chi connectivity index (χ1v) is 50.4. The number of urea groups is 1. The Kier molecular flexibility index (Phi) is 43.2. The number of allylic oxidation sites excluding steroid dienone is 3. The van der Waals surface area contributed by atoms with Crippen molar-refractivity contribution < 1.29 is 149 Å². The van der Waals surface area contributed by atoms with Gasteiger partial charge in [-0.15, -0.1) is 0 Å². The molecule has 23 atom stereocenters. The van der Waals surface area contributed by atoms with Crippen molar-refractivity contribution in [3.63, 3.8) is 0 Å². The van der Waals surface area contributed by atoms with Crippen molar-refractivity contribution in [3.8, 4) is 40.9 Å². The lowest BCUT2D eigenvalue weighted by Crippen LogP contribution is -2.65. The van der Waals surface area contributed by atoms with E-state index >= 15 is 0 Å². The monoisotopic (exact) mass is 2160 g/mol.